The van der Waals surface area contributed by atoms with Crippen LogP contribution in [0.2, 0.25) is 0 Å². The molecule has 1 aliphatic rings. The molecule has 0 unspecified atom stereocenters. The first-order valence-corrected chi connectivity index (χ1v) is 15.0. The van der Waals surface area contributed by atoms with E-state index < -0.39 is 28.1 Å². The van der Waals surface area contributed by atoms with E-state index in [4.69, 9.17) is 4.74 Å². The highest BCUT2D eigenvalue weighted by molar-refractivity contribution is 7.89. The van der Waals surface area contributed by atoms with Crippen LogP contribution in [0.1, 0.15) is 18.1 Å². The number of aliphatic imine (C=N–C) groups is 1. The molecule has 4 rings (SSSR count). The van der Waals surface area contributed by atoms with Gasteiger partial charge < -0.3 is 19.7 Å². The molecule has 1 fully saturated rings. The molecule has 0 radical (unpaired) electrons. The number of methoxy groups -OCH3 is 1. The van der Waals surface area contributed by atoms with Gasteiger partial charge in [0.05, 0.1) is 22.5 Å². The number of hydrogen-bond acceptors (Lipinski definition) is 9. The molecule has 1 aromatic heterocycles. The van der Waals surface area contributed by atoms with Crippen molar-refractivity contribution in [2.75, 3.05) is 33.3 Å². The lowest BCUT2D eigenvalue weighted by Crippen LogP contribution is -2.49. The Kier molecular flexibility index (Phi) is 12.2. The Morgan fingerprint density at radius 2 is 1.63 bits per heavy atom. The molecule has 19 heteroatoms. The van der Waals surface area contributed by atoms with E-state index >= 15 is 0 Å². The molecule has 1 aliphatic heterocycles. The zero-order valence-electron chi connectivity index (χ0n) is 24.2. The van der Waals surface area contributed by atoms with E-state index in [0.717, 1.165) is 24.3 Å². The number of carbonyl (C=O) groups excluding carboxylic acids is 1. The third-order valence-electron chi connectivity index (χ3n) is 6.24. The SMILES string of the molecule is COc1ncc(S)c(N=C(C)N2CCN(S(=O)(=O)c3ccc(C(F)(F)F)cc3)CC2)n1.O=CNCc1ccc(OC(F)(F)F)cc1. The lowest BCUT2D eigenvalue weighted by Gasteiger charge is -2.35. The lowest BCUT2D eigenvalue weighted by atomic mass is 10.2. The molecule has 2 aromatic carbocycles. The molecule has 2 heterocycles. The smallest absolute Gasteiger partial charge is 0.467 e. The minimum atomic E-state index is -4.68. The largest absolute Gasteiger partial charge is 0.573 e. The van der Waals surface area contributed by atoms with Crippen LogP contribution in [0.4, 0.5) is 32.2 Å². The van der Waals surface area contributed by atoms with Gasteiger partial charge in [0.1, 0.15) is 11.6 Å². The van der Waals surface area contributed by atoms with Crippen LogP contribution in [0.25, 0.3) is 0 Å². The van der Waals surface area contributed by atoms with Gasteiger partial charge >= 0.3 is 18.5 Å². The Morgan fingerprint density at radius 1 is 1.02 bits per heavy atom. The van der Waals surface area contributed by atoms with E-state index in [1.54, 1.807) is 6.92 Å². The number of hydrogen-bond donors (Lipinski definition) is 2. The number of carbonyl (C=O) groups is 1. The van der Waals surface area contributed by atoms with Gasteiger partial charge in [0.2, 0.25) is 16.4 Å². The summed E-state index contributed by atoms with van der Waals surface area (Å²) in [5.74, 6) is 0.660. The fourth-order valence-corrected chi connectivity index (χ4v) is 5.52. The van der Waals surface area contributed by atoms with Crippen molar-refractivity contribution in [2.45, 2.75) is 35.8 Å². The van der Waals surface area contributed by atoms with Gasteiger partial charge in [-0.05, 0) is 48.9 Å². The maximum absolute atomic E-state index is 12.8. The second-order valence-corrected chi connectivity index (χ2v) is 11.7. The van der Waals surface area contributed by atoms with Gasteiger partial charge in [-0.2, -0.15) is 22.5 Å². The Morgan fingerprint density at radius 3 is 2.15 bits per heavy atom. The number of rotatable bonds is 8. The average molecular weight is 695 g/mol. The van der Waals surface area contributed by atoms with Crippen molar-refractivity contribution in [3.05, 3.63) is 65.9 Å². The quantitative estimate of drug-likeness (QED) is 0.115. The second kappa shape index (κ2) is 15.5. The van der Waals surface area contributed by atoms with Crippen molar-refractivity contribution >= 4 is 40.7 Å². The molecule has 1 saturated heterocycles. The van der Waals surface area contributed by atoms with Gasteiger partial charge in [-0.15, -0.1) is 25.8 Å². The maximum atomic E-state index is 12.8. The molecular weight excluding hydrogens is 666 g/mol. The van der Waals surface area contributed by atoms with Crippen LogP contribution in [0.15, 0.2) is 69.5 Å². The monoisotopic (exact) mass is 694 g/mol. The summed E-state index contributed by atoms with van der Waals surface area (Å²) in [4.78, 5) is 24.6. The summed E-state index contributed by atoms with van der Waals surface area (Å²) in [6.45, 7) is 3.09. The number of thiol groups is 1. The predicted octanol–water partition coefficient (Wildman–Crippen LogP) is 4.68. The van der Waals surface area contributed by atoms with E-state index in [0.29, 0.717) is 41.6 Å². The average Bonchev–Trinajstić information content (AvgIpc) is 3.01. The Balaban J connectivity index is 0.000000322. The molecule has 3 aromatic rings. The zero-order chi connectivity index (χ0) is 34.1. The van der Waals surface area contributed by atoms with Crippen LogP contribution in [0.5, 0.6) is 11.8 Å². The zero-order valence-corrected chi connectivity index (χ0v) is 25.9. The number of ether oxygens (including phenoxy) is 2. The first-order valence-electron chi connectivity index (χ1n) is 13.1. The molecule has 1 N–H and O–H groups in total. The van der Waals surface area contributed by atoms with E-state index in [2.05, 4.69) is 37.6 Å². The summed E-state index contributed by atoms with van der Waals surface area (Å²) in [6.07, 6.45) is -7.22. The van der Waals surface area contributed by atoms with Crippen molar-refractivity contribution in [1.29, 1.82) is 0 Å². The maximum Gasteiger partial charge on any atom is 0.573 e. The summed E-state index contributed by atoms with van der Waals surface area (Å²) < 4.78 is 109. The summed E-state index contributed by atoms with van der Waals surface area (Å²) in [7, 11) is -2.46. The highest BCUT2D eigenvalue weighted by Crippen LogP contribution is 2.30. The van der Waals surface area contributed by atoms with E-state index in [1.807, 2.05) is 4.90 Å². The van der Waals surface area contributed by atoms with Gasteiger partial charge in [-0.25, -0.2) is 18.4 Å². The van der Waals surface area contributed by atoms with Gasteiger partial charge in [-0.1, -0.05) is 12.1 Å². The minimum Gasteiger partial charge on any atom is -0.467 e. The molecule has 0 bridgehead atoms. The number of aromatic nitrogens is 2. The number of halogens is 6. The third-order valence-corrected chi connectivity index (χ3v) is 8.47. The molecule has 0 saturated carbocycles. The predicted molar refractivity (Wildman–Crippen MR) is 156 cm³/mol. The van der Waals surface area contributed by atoms with E-state index in [9.17, 15) is 39.6 Å². The molecule has 0 aliphatic carbocycles. The summed E-state index contributed by atoms with van der Waals surface area (Å²) in [6, 6.07) is 8.91. The van der Waals surface area contributed by atoms with Crippen LogP contribution >= 0.6 is 12.6 Å². The second-order valence-electron chi connectivity index (χ2n) is 9.33. The van der Waals surface area contributed by atoms with E-state index in [1.165, 1.54) is 41.9 Å². The van der Waals surface area contributed by atoms with Crippen LogP contribution in [-0.4, -0.2) is 79.5 Å². The standard InChI is InChI=1S/C18H20F3N5O3S2.C9H8F3NO2/c1-12(23-16-15(30)11-22-17(24-16)29-2)25-7-9-26(10-8-25)31(27,28)14-5-3-13(4-6-14)18(19,20)21;10-9(11,12)15-8-3-1-7(2-4-8)5-13-6-14/h3-6,11,30H,7-10H2,1-2H3;1-4,6H,5H2,(H,13,14). The Bertz CT molecular complexity index is 1600. The fourth-order valence-electron chi connectivity index (χ4n) is 3.94. The molecule has 0 atom stereocenters. The number of benzene rings is 2. The van der Waals surface area contributed by atoms with Crippen LogP contribution in [-0.2, 0) is 27.5 Å². The summed E-state index contributed by atoms with van der Waals surface area (Å²) in [5.41, 5.74) is -0.204. The number of nitrogens with one attached hydrogen (secondary N) is 1. The molecule has 11 nitrogen and oxygen atoms in total. The van der Waals surface area contributed by atoms with Gasteiger partial charge in [0, 0.05) is 38.9 Å². The number of nitrogens with zero attached hydrogens (tertiary/aromatic N) is 5. The lowest BCUT2D eigenvalue weighted by molar-refractivity contribution is -0.274. The third kappa shape index (κ3) is 10.5. The van der Waals surface area contributed by atoms with Gasteiger partial charge in [-0.3, -0.25) is 4.79 Å². The fraction of sp³-hybridized carbons (Fsp3) is 0.333. The highest BCUT2D eigenvalue weighted by atomic mass is 32.2. The normalized spacial score (nSPS) is 14.6. The van der Waals surface area contributed by atoms with Crippen molar-refractivity contribution in [2.24, 2.45) is 4.99 Å². The number of piperazine rings is 1. The first-order chi connectivity index (χ1) is 21.5. The Labute approximate surface area is 265 Å². The summed E-state index contributed by atoms with van der Waals surface area (Å²) >= 11 is 4.28. The topological polar surface area (TPSA) is 126 Å². The van der Waals surface area contributed by atoms with Crippen molar-refractivity contribution < 1.29 is 49.0 Å². The minimum absolute atomic E-state index is 0.150. The van der Waals surface area contributed by atoms with Crippen LogP contribution in [0.3, 0.4) is 0 Å². The molecule has 1 amide bonds. The number of amides is 1. The molecule has 250 valence electrons. The number of sulfonamides is 1. The van der Waals surface area contributed by atoms with Crippen LogP contribution in [0, 0.1) is 0 Å². The van der Waals surface area contributed by atoms with Crippen molar-refractivity contribution in [3.63, 3.8) is 0 Å². The van der Waals surface area contributed by atoms with Crippen LogP contribution < -0.4 is 14.8 Å². The molecule has 46 heavy (non-hydrogen) atoms. The molecule has 0 spiro atoms. The molecular formula is C27H28F6N6O5S2. The van der Waals surface area contributed by atoms with E-state index in [-0.39, 0.29) is 36.3 Å². The van der Waals surface area contributed by atoms with Gasteiger partial charge in [0.15, 0.2) is 5.82 Å². The number of amidine groups is 1. The number of alkyl halides is 6. The van der Waals surface area contributed by atoms with Crippen molar-refractivity contribution in [3.8, 4) is 11.8 Å². The van der Waals surface area contributed by atoms with Gasteiger partial charge in [0.25, 0.3) is 0 Å². The highest BCUT2D eigenvalue weighted by Gasteiger charge is 2.33. The van der Waals surface area contributed by atoms with Crippen molar-refractivity contribution in [1.82, 2.24) is 24.5 Å². The first kappa shape index (κ1) is 36.4. The summed E-state index contributed by atoms with van der Waals surface area (Å²) in [5, 5.41) is 2.39. The Hall–Kier alpha value is -4.10.